The van der Waals surface area contributed by atoms with Crippen molar-refractivity contribution >= 4 is 23.6 Å². The van der Waals surface area contributed by atoms with Crippen LogP contribution in [0.5, 0.6) is 0 Å². The molecule has 1 fully saturated rings. The molecule has 4 rings (SSSR count). The van der Waals surface area contributed by atoms with Crippen molar-refractivity contribution in [2.45, 2.75) is 31.8 Å². The minimum atomic E-state index is -0.114. The fourth-order valence-corrected chi connectivity index (χ4v) is 4.68. The zero-order valence-corrected chi connectivity index (χ0v) is 17.8. The summed E-state index contributed by atoms with van der Waals surface area (Å²) in [5.74, 6) is 1.19. The van der Waals surface area contributed by atoms with Gasteiger partial charge in [-0.3, -0.25) is 9.59 Å². The number of benzene rings is 2. The van der Waals surface area contributed by atoms with E-state index in [0.717, 1.165) is 16.9 Å². The van der Waals surface area contributed by atoms with Crippen LogP contribution < -0.4 is 5.32 Å². The van der Waals surface area contributed by atoms with E-state index in [1.165, 1.54) is 5.56 Å². The van der Waals surface area contributed by atoms with Crippen LogP contribution in [0.1, 0.15) is 51.1 Å². The number of furan rings is 1. The van der Waals surface area contributed by atoms with E-state index in [-0.39, 0.29) is 23.2 Å². The van der Waals surface area contributed by atoms with E-state index in [0.29, 0.717) is 17.9 Å². The Labute approximate surface area is 180 Å². The van der Waals surface area contributed by atoms with Gasteiger partial charge in [0.05, 0.1) is 24.6 Å². The summed E-state index contributed by atoms with van der Waals surface area (Å²) in [6, 6.07) is 19.3. The lowest BCUT2D eigenvalue weighted by atomic mass is 10.1. The van der Waals surface area contributed by atoms with Crippen LogP contribution in [-0.4, -0.2) is 22.5 Å². The molecule has 6 heteroatoms. The second kappa shape index (κ2) is 8.79. The van der Waals surface area contributed by atoms with Gasteiger partial charge in [0, 0.05) is 5.56 Å². The number of rotatable bonds is 6. The molecule has 0 bridgehead atoms. The summed E-state index contributed by atoms with van der Waals surface area (Å²) in [7, 11) is 0. The van der Waals surface area contributed by atoms with Crippen molar-refractivity contribution in [2.75, 3.05) is 5.75 Å². The number of amides is 2. The van der Waals surface area contributed by atoms with Crippen molar-refractivity contribution in [3.8, 4) is 0 Å². The van der Waals surface area contributed by atoms with Crippen LogP contribution in [0.25, 0.3) is 0 Å². The van der Waals surface area contributed by atoms with Crippen LogP contribution in [-0.2, 0) is 11.3 Å². The average molecular weight is 421 g/mol. The largest absolute Gasteiger partial charge is 0.467 e. The summed E-state index contributed by atoms with van der Waals surface area (Å²) in [5.41, 5.74) is 3.86. The number of hydrogen-bond donors (Lipinski definition) is 1. The summed E-state index contributed by atoms with van der Waals surface area (Å²) in [5, 5.41) is 2.97. The lowest BCUT2D eigenvalue weighted by molar-refractivity contribution is -0.128. The molecule has 2 heterocycles. The molecule has 2 atom stereocenters. The SMILES string of the molecule is Cc1ccc(C(C)NC(=O)c2ccc(C3SCC(=O)N3Cc3ccco3)cc2)cc1. The van der Waals surface area contributed by atoms with Crippen LogP contribution in [0.15, 0.2) is 71.3 Å². The first-order chi connectivity index (χ1) is 14.5. The van der Waals surface area contributed by atoms with Gasteiger partial charge in [-0.2, -0.15) is 0 Å². The first kappa shape index (κ1) is 20.3. The molecule has 30 heavy (non-hydrogen) atoms. The Hall–Kier alpha value is -2.99. The Bertz CT molecular complexity index is 1010. The van der Waals surface area contributed by atoms with Gasteiger partial charge < -0.3 is 14.6 Å². The van der Waals surface area contributed by atoms with E-state index < -0.39 is 0 Å². The van der Waals surface area contributed by atoms with Gasteiger partial charge in [-0.15, -0.1) is 11.8 Å². The predicted octanol–water partition coefficient (Wildman–Crippen LogP) is 4.85. The van der Waals surface area contributed by atoms with Gasteiger partial charge in [-0.05, 0) is 49.2 Å². The number of hydrogen-bond acceptors (Lipinski definition) is 4. The molecule has 2 amide bonds. The highest BCUT2D eigenvalue weighted by atomic mass is 32.2. The van der Waals surface area contributed by atoms with Gasteiger partial charge in [0.15, 0.2) is 0 Å². The number of aryl methyl sites for hydroxylation is 1. The molecule has 1 aliphatic heterocycles. The highest BCUT2D eigenvalue weighted by molar-refractivity contribution is 8.00. The second-order valence-corrected chi connectivity index (χ2v) is 8.56. The normalized spacial score (nSPS) is 17.2. The van der Waals surface area contributed by atoms with E-state index in [1.807, 2.05) is 79.4 Å². The van der Waals surface area contributed by atoms with Gasteiger partial charge in [0.25, 0.3) is 5.91 Å². The molecule has 2 unspecified atom stereocenters. The van der Waals surface area contributed by atoms with Gasteiger partial charge in [0.2, 0.25) is 5.91 Å². The zero-order valence-electron chi connectivity index (χ0n) is 17.0. The maximum absolute atomic E-state index is 12.7. The third-order valence-corrected chi connectivity index (χ3v) is 6.51. The quantitative estimate of drug-likeness (QED) is 0.619. The molecule has 5 nitrogen and oxygen atoms in total. The predicted molar refractivity (Wildman–Crippen MR) is 118 cm³/mol. The molecule has 1 aliphatic rings. The Balaban J connectivity index is 1.43. The summed E-state index contributed by atoms with van der Waals surface area (Å²) >= 11 is 1.59. The summed E-state index contributed by atoms with van der Waals surface area (Å²) < 4.78 is 5.40. The second-order valence-electron chi connectivity index (χ2n) is 7.49. The van der Waals surface area contributed by atoms with Crippen molar-refractivity contribution in [1.82, 2.24) is 10.2 Å². The molecule has 0 aliphatic carbocycles. The summed E-state index contributed by atoms with van der Waals surface area (Å²) in [6.45, 7) is 4.46. The van der Waals surface area contributed by atoms with Gasteiger partial charge >= 0.3 is 0 Å². The standard InChI is InChI=1S/C24H24N2O3S/c1-16-5-7-18(8-6-16)17(2)25-23(28)19-9-11-20(12-10-19)24-26(22(27)15-30-24)14-21-4-3-13-29-21/h3-13,17,24H,14-15H2,1-2H3,(H,25,28). The van der Waals surface area contributed by atoms with E-state index in [4.69, 9.17) is 4.42 Å². The molecule has 0 saturated carbocycles. The third kappa shape index (κ3) is 4.44. The lowest BCUT2D eigenvalue weighted by Crippen LogP contribution is -2.28. The minimum Gasteiger partial charge on any atom is -0.467 e. The Morgan fingerprint density at radius 3 is 2.57 bits per heavy atom. The van der Waals surface area contributed by atoms with Crippen molar-refractivity contribution < 1.29 is 14.0 Å². The van der Waals surface area contributed by atoms with Crippen molar-refractivity contribution in [1.29, 1.82) is 0 Å². The maximum atomic E-state index is 12.7. The van der Waals surface area contributed by atoms with Gasteiger partial charge in [0.1, 0.15) is 11.1 Å². The third-order valence-electron chi connectivity index (χ3n) is 5.26. The summed E-state index contributed by atoms with van der Waals surface area (Å²) in [6.07, 6.45) is 1.61. The molecule has 0 spiro atoms. The maximum Gasteiger partial charge on any atom is 0.251 e. The van der Waals surface area contributed by atoms with Crippen molar-refractivity contribution in [3.63, 3.8) is 0 Å². The highest BCUT2D eigenvalue weighted by Gasteiger charge is 2.33. The molecular formula is C24H24N2O3S. The Kier molecular flexibility index (Phi) is 5.95. The van der Waals surface area contributed by atoms with Crippen LogP contribution in [0.3, 0.4) is 0 Å². The topological polar surface area (TPSA) is 62.6 Å². The molecule has 0 radical (unpaired) electrons. The fraction of sp³-hybridized carbons (Fsp3) is 0.250. The zero-order chi connectivity index (χ0) is 21.1. The van der Waals surface area contributed by atoms with Crippen LogP contribution in [0, 0.1) is 6.92 Å². The first-order valence-corrected chi connectivity index (χ1v) is 11.0. The monoisotopic (exact) mass is 420 g/mol. The number of nitrogens with one attached hydrogen (secondary N) is 1. The lowest BCUT2D eigenvalue weighted by Gasteiger charge is -2.23. The Morgan fingerprint density at radius 2 is 1.90 bits per heavy atom. The van der Waals surface area contributed by atoms with E-state index in [2.05, 4.69) is 5.32 Å². The van der Waals surface area contributed by atoms with E-state index >= 15 is 0 Å². The van der Waals surface area contributed by atoms with Gasteiger partial charge in [-0.25, -0.2) is 0 Å². The first-order valence-electron chi connectivity index (χ1n) is 9.92. The fourth-order valence-electron chi connectivity index (χ4n) is 3.49. The Morgan fingerprint density at radius 1 is 1.17 bits per heavy atom. The van der Waals surface area contributed by atoms with Crippen molar-refractivity contribution in [2.24, 2.45) is 0 Å². The smallest absolute Gasteiger partial charge is 0.251 e. The molecule has 1 saturated heterocycles. The molecule has 2 aromatic carbocycles. The number of carbonyl (C=O) groups excluding carboxylic acids is 2. The molecule has 154 valence electrons. The van der Waals surface area contributed by atoms with Gasteiger partial charge in [-0.1, -0.05) is 42.0 Å². The molecule has 3 aromatic rings. The minimum absolute atomic E-state index is 0.0776. The highest BCUT2D eigenvalue weighted by Crippen LogP contribution is 2.39. The molecule has 1 N–H and O–H groups in total. The summed E-state index contributed by atoms with van der Waals surface area (Å²) in [4.78, 5) is 26.8. The number of thioether (sulfide) groups is 1. The molecule has 1 aromatic heterocycles. The van der Waals surface area contributed by atoms with Crippen molar-refractivity contribution in [3.05, 3.63) is 94.9 Å². The van der Waals surface area contributed by atoms with E-state index in [1.54, 1.807) is 18.0 Å². The van der Waals surface area contributed by atoms with Crippen LogP contribution in [0.2, 0.25) is 0 Å². The van der Waals surface area contributed by atoms with Crippen LogP contribution in [0.4, 0.5) is 0 Å². The average Bonchev–Trinajstić information content (AvgIpc) is 3.39. The number of nitrogens with zero attached hydrogens (tertiary/aromatic N) is 1. The number of carbonyl (C=O) groups is 2. The van der Waals surface area contributed by atoms with E-state index in [9.17, 15) is 9.59 Å². The van der Waals surface area contributed by atoms with Crippen LogP contribution >= 0.6 is 11.8 Å². The molecular weight excluding hydrogens is 396 g/mol.